The molecule has 3 aromatic carbocycles. The molecule has 0 heterocycles. The molecule has 22 heavy (non-hydrogen) atoms. The number of ether oxygens (including phenoxy) is 1. The van der Waals surface area contributed by atoms with Crippen LogP contribution < -0.4 is 4.74 Å². The zero-order valence-corrected chi connectivity index (χ0v) is 13.0. The smallest absolute Gasteiger partial charge is 0.123 e. The number of phenolic OH excluding ortho intramolecular Hbond substituents is 1. The number of hydrogen-bond donors (Lipinski definition) is 1. The van der Waals surface area contributed by atoms with E-state index in [1.165, 1.54) is 22.3 Å². The van der Waals surface area contributed by atoms with E-state index in [-0.39, 0.29) is 5.41 Å². The predicted molar refractivity (Wildman–Crippen MR) is 89.7 cm³/mol. The number of aromatic hydroxyl groups is 1. The van der Waals surface area contributed by atoms with Crippen molar-refractivity contribution < 1.29 is 9.84 Å². The van der Waals surface area contributed by atoms with Gasteiger partial charge in [0.25, 0.3) is 0 Å². The summed E-state index contributed by atoms with van der Waals surface area (Å²) in [6, 6.07) is 16.2. The maximum absolute atomic E-state index is 10.4. The molecule has 0 aliphatic heterocycles. The minimum absolute atomic E-state index is 0.152. The van der Waals surface area contributed by atoms with Crippen molar-refractivity contribution in [1.29, 1.82) is 0 Å². The summed E-state index contributed by atoms with van der Waals surface area (Å²) in [7, 11) is 1.69. The third-order valence-corrected chi connectivity index (χ3v) is 4.87. The molecular formula is C20H18O2. The van der Waals surface area contributed by atoms with E-state index in [0.717, 1.165) is 16.5 Å². The summed E-state index contributed by atoms with van der Waals surface area (Å²) in [5.74, 6) is 1.22. The molecule has 0 aromatic heterocycles. The average Bonchev–Trinajstić information content (AvgIpc) is 2.75. The van der Waals surface area contributed by atoms with Gasteiger partial charge in [-0.25, -0.2) is 0 Å². The van der Waals surface area contributed by atoms with Gasteiger partial charge in [-0.1, -0.05) is 44.2 Å². The lowest BCUT2D eigenvalue weighted by Gasteiger charge is -2.22. The van der Waals surface area contributed by atoms with Crippen LogP contribution in [-0.4, -0.2) is 12.2 Å². The van der Waals surface area contributed by atoms with Crippen LogP contribution in [0.2, 0.25) is 0 Å². The van der Waals surface area contributed by atoms with E-state index in [4.69, 9.17) is 4.74 Å². The summed E-state index contributed by atoms with van der Waals surface area (Å²) in [6.07, 6.45) is 0. The second-order valence-electron chi connectivity index (χ2n) is 6.40. The molecule has 0 bridgehead atoms. The van der Waals surface area contributed by atoms with Crippen LogP contribution in [0.25, 0.3) is 21.9 Å². The van der Waals surface area contributed by atoms with Crippen LogP contribution in [0.15, 0.2) is 48.5 Å². The summed E-state index contributed by atoms with van der Waals surface area (Å²) < 4.78 is 5.39. The van der Waals surface area contributed by atoms with E-state index in [1.54, 1.807) is 7.11 Å². The van der Waals surface area contributed by atoms with Crippen LogP contribution in [0.5, 0.6) is 11.5 Å². The van der Waals surface area contributed by atoms with E-state index in [9.17, 15) is 5.11 Å². The Hall–Kier alpha value is -2.48. The molecular weight excluding hydrogens is 272 g/mol. The van der Waals surface area contributed by atoms with Crippen LogP contribution in [-0.2, 0) is 5.41 Å². The second-order valence-corrected chi connectivity index (χ2v) is 6.40. The van der Waals surface area contributed by atoms with E-state index < -0.39 is 0 Å². The van der Waals surface area contributed by atoms with Crippen LogP contribution in [0, 0.1) is 0 Å². The summed E-state index contributed by atoms with van der Waals surface area (Å²) >= 11 is 0. The van der Waals surface area contributed by atoms with Gasteiger partial charge in [0.1, 0.15) is 11.5 Å². The molecule has 2 nitrogen and oxygen atoms in total. The molecule has 0 fully saturated rings. The Bertz CT molecular complexity index is 907. The lowest BCUT2D eigenvalue weighted by atomic mass is 9.82. The maximum atomic E-state index is 10.4. The highest BCUT2D eigenvalue weighted by Gasteiger charge is 2.37. The third-order valence-electron chi connectivity index (χ3n) is 4.87. The first kappa shape index (κ1) is 13.2. The van der Waals surface area contributed by atoms with Crippen molar-refractivity contribution >= 4 is 10.8 Å². The number of hydrogen-bond acceptors (Lipinski definition) is 2. The molecule has 0 amide bonds. The zero-order chi connectivity index (χ0) is 15.5. The van der Waals surface area contributed by atoms with E-state index in [0.29, 0.717) is 5.75 Å². The Morgan fingerprint density at radius 1 is 0.909 bits per heavy atom. The standard InChI is InChI=1S/C20H18O2/c1-20(2)16-10-12(22-3)8-9-15(16)19-14-7-5-4-6-13(14)18(21)11-17(19)20/h4-11,21H,1-3H3. The van der Waals surface area contributed by atoms with Gasteiger partial charge < -0.3 is 9.84 Å². The molecule has 1 aliphatic rings. The van der Waals surface area contributed by atoms with Gasteiger partial charge in [-0.3, -0.25) is 0 Å². The maximum Gasteiger partial charge on any atom is 0.123 e. The Balaban J connectivity index is 2.16. The fraction of sp³-hybridized carbons (Fsp3) is 0.200. The number of benzene rings is 3. The van der Waals surface area contributed by atoms with Crippen LogP contribution in [0.4, 0.5) is 0 Å². The van der Waals surface area contributed by atoms with Crippen molar-refractivity contribution in [2.75, 3.05) is 7.11 Å². The van der Waals surface area contributed by atoms with Gasteiger partial charge >= 0.3 is 0 Å². The van der Waals surface area contributed by atoms with Crippen molar-refractivity contribution in [1.82, 2.24) is 0 Å². The second kappa shape index (κ2) is 4.26. The molecule has 0 radical (unpaired) electrons. The fourth-order valence-electron chi connectivity index (χ4n) is 3.67. The Morgan fingerprint density at radius 2 is 1.64 bits per heavy atom. The van der Waals surface area contributed by atoms with Crippen LogP contribution in [0.1, 0.15) is 25.0 Å². The lowest BCUT2D eigenvalue weighted by molar-refractivity contribution is 0.413. The minimum atomic E-state index is -0.152. The van der Waals surface area contributed by atoms with Gasteiger partial charge in [0, 0.05) is 10.8 Å². The first-order valence-electron chi connectivity index (χ1n) is 7.48. The lowest BCUT2D eigenvalue weighted by Crippen LogP contribution is -2.15. The average molecular weight is 290 g/mol. The van der Waals surface area contributed by atoms with Gasteiger partial charge in [0.05, 0.1) is 7.11 Å². The quantitative estimate of drug-likeness (QED) is 0.693. The Kier molecular flexibility index (Phi) is 2.56. The highest BCUT2D eigenvalue weighted by Crippen LogP contribution is 2.53. The summed E-state index contributed by atoms with van der Waals surface area (Å²) in [6.45, 7) is 4.40. The monoisotopic (exact) mass is 290 g/mol. The Labute approximate surface area is 130 Å². The fourth-order valence-corrected chi connectivity index (χ4v) is 3.67. The number of fused-ring (bicyclic) bond motifs is 5. The number of methoxy groups -OCH3 is 1. The molecule has 0 atom stereocenters. The molecule has 2 heteroatoms. The van der Waals surface area contributed by atoms with Crippen molar-refractivity contribution in [2.24, 2.45) is 0 Å². The molecule has 0 spiro atoms. The third kappa shape index (κ3) is 1.55. The molecule has 0 saturated heterocycles. The topological polar surface area (TPSA) is 29.5 Å². The first-order valence-corrected chi connectivity index (χ1v) is 7.48. The summed E-state index contributed by atoms with van der Waals surface area (Å²) in [4.78, 5) is 0. The normalized spacial score (nSPS) is 14.7. The molecule has 1 N–H and O–H groups in total. The van der Waals surface area contributed by atoms with Crippen molar-refractivity contribution in [2.45, 2.75) is 19.3 Å². The Morgan fingerprint density at radius 3 is 2.36 bits per heavy atom. The van der Waals surface area contributed by atoms with Crippen molar-refractivity contribution in [3.05, 3.63) is 59.7 Å². The number of rotatable bonds is 1. The summed E-state index contributed by atoms with van der Waals surface area (Å²) in [5, 5.41) is 12.4. The van der Waals surface area contributed by atoms with E-state index in [1.807, 2.05) is 30.3 Å². The van der Waals surface area contributed by atoms with Gasteiger partial charge in [-0.05, 0) is 45.8 Å². The molecule has 1 aliphatic carbocycles. The molecule has 0 saturated carbocycles. The summed E-state index contributed by atoms with van der Waals surface area (Å²) in [5.41, 5.74) is 4.73. The van der Waals surface area contributed by atoms with Crippen molar-refractivity contribution in [3.8, 4) is 22.6 Å². The predicted octanol–water partition coefficient (Wildman–Crippen LogP) is 4.86. The van der Waals surface area contributed by atoms with Gasteiger partial charge in [0.2, 0.25) is 0 Å². The highest BCUT2D eigenvalue weighted by molar-refractivity contribution is 6.05. The molecule has 3 aromatic rings. The highest BCUT2D eigenvalue weighted by atomic mass is 16.5. The molecule has 110 valence electrons. The zero-order valence-electron chi connectivity index (χ0n) is 13.0. The molecule has 4 rings (SSSR count). The molecule has 0 unspecified atom stereocenters. The van der Waals surface area contributed by atoms with E-state index in [2.05, 4.69) is 32.0 Å². The van der Waals surface area contributed by atoms with E-state index >= 15 is 0 Å². The van der Waals surface area contributed by atoms with Crippen LogP contribution >= 0.6 is 0 Å². The van der Waals surface area contributed by atoms with Gasteiger partial charge in [0.15, 0.2) is 0 Å². The first-order chi connectivity index (χ1) is 10.5. The van der Waals surface area contributed by atoms with Crippen molar-refractivity contribution in [3.63, 3.8) is 0 Å². The van der Waals surface area contributed by atoms with Gasteiger partial charge in [-0.2, -0.15) is 0 Å². The number of phenols is 1. The van der Waals surface area contributed by atoms with Crippen LogP contribution in [0.3, 0.4) is 0 Å². The minimum Gasteiger partial charge on any atom is -0.507 e. The SMILES string of the molecule is COc1ccc2c(c1)C(C)(C)c1cc(O)c3ccccc3c1-2. The largest absolute Gasteiger partial charge is 0.507 e. The van der Waals surface area contributed by atoms with Gasteiger partial charge in [-0.15, -0.1) is 0 Å².